The molecule has 2 aromatic carbocycles. The molecule has 0 aliphatic rings. The van der Waals surface area contributed by atoms with Crippen LogP contribution in [0, 0.1) is 0 Å². The first-order chi connectivity index (χ1) is 15.5. The topological polar surface area (TPSA) is 125 Å². The van der Waals surface area contributed by atoms with Crippen molar-refractivity contribution < 1.29 is 18.9 Å². The monoisotopic (exact) mass is 479 g/mol. The summed E-state index contributed by atoms with van der Waals surface area (Å²) in [6.07, 6.45) is 0. The van der Waals surface area contributed by atoms with Gasteiger partial charge in [0.2, 0.25) is 11.5 Å². The Hall–Kier alpha value is -3.01. The number of halogens is 2. The number of aromatic nitrogens is 2. The fourth-order valence-corrected chi connectivity index (χ4v) is 3.31. The number of anilines is 1. The van der Waals surface area contributed by atoms with Crippen LogP contribution in [0.5, 0.6) is 11.5 Å². The summed E-state index contributed by atoms with van der Waals surface area (Å²) in [6, 6.07) is 10.9. The van der Waals surface area contributed by atoms with Gasteiger partial charge in [-0.2, -0.15) is 0 Å². The van der Waals surface area contributed by atoms with Crippen molar-refractivity contribution in [1.29, 1.82) is 0 Å². The molecule has 4 N–H and O–H groups in total. The molecule has 0 saturated carbocycles. The Morgan fingerprint density at radius 3 is 2.69 bits per heavy atom. The number of benzene rings is 2. The largest absolute Gasteiger partial charge is 0.490 e. The lowest BCUT2D eigenvalue weighted by Crippen LogP contribution is -2.32. The number of ether oxygens (including phenoxy) is 2. The number of amides is 1. The number of para-hydroxylation sites is 1. The second kappa shape index (κ2) is 11.6. The quantitative estimate of drug-likeness (QED) is 0.357. The summed E-state index contributed by atoms with van der Waals surface area (Å²) < 4.78 is 16.2. The van der Waals surface area contributed by atoms with Crippen LogP contribution in [0.15, 0.2) is 41.0 Å². The minimum atomic E-state index is -0.451. The summed E-state index contributed by atoms with van der Waals surface area (Å²) >= 11 is 12.2. The smallest absolute Gasteiger partial charge is 0.277 e. The molecule has 0 aliphatic heterocycles. The van der Waals surface area contributed by atoms with E-state index in [2.05, 4.69) is 25.6 Å². The van der Waals surface area contributed by atoms with Gasteiger partial charge in [0.15, 0.2) is 11.5 Å². The SMILES string of the molecule is CCOc1cccc(CNCCNC(=O)c2nonc2N)c1OCc1ccc(Cl)cc1Cl. The molecule has 11 heteroatoms. The van der Waals surface area contributed by atoms with Crippen LogP contribution in [0.25, 0.3) is 0 Å². The van der Waals surface area contributed by atoms with E-state index in [0.29, 0.717) is 47.8 Å². The molecular formula is C21H23Cl2N5O4. The van der Waals surface area contributed by atoms with Gasteiger partial charge in [0.05, 0.1) is 6.61 Å². The fraction of sp³-hybridized carbons (Fsp3) is 0.286. The Morgan fingerprint density at radius 2 is 1.97 bits per heavy atom. The Bertz CT molecular complexity index is 1060. The van der Waals surface area contributed by atoms with Crippen molar-refractivity contribution in [2.24, 2.45) is 0 Å². The Kier molecular flexibility index (Phi) is 8.55. The number of rotatable bonds is 11. The van der Waals surface area contributed by atoms with Crippen molar-refractivity contribution in [3.05, 3.63) is 63.3 Å². The fourth-order valence-electron chi connectivity index (χ4n) is 2.85. The van der Waals surface area contributed by atoms with E-state index in [1.54, 1.807) is 12.1 Å². The lowest BCUT2D eigenvalue weighted by molar-refractivity contribution is 0.0944. The van der Waals surface area contributed by atoms with Crippen molar-refractivity contribution in [2.75, 3.05) is 25.4 Å². The molecule has 0 atom stereocenters. The van der Waals surface area contributed by atoms with Crippen LogP contribution in [0.2, 0.25) is 10.0 Å². The molecule has 0 saturated heterocycles. The molecule has 0 aliphatic carbocycles. The summed E-state index contributed by atoms with van der Waals surface area (Å²) in [7, 11) is 0. The van der Waals surface area contributed by atoms with E-state index in [9.17, 15) is 4.79 Å². The maximum atomic E-state index is 12.0. The second-order valence-electron chi connectivity index (χ2n) is 6.63. The minimum absolute atomic E-state index is 0.0361. The Balaban J connectivity index is 1.58. The highest BCUT2D eigenvalue weighted by atomic mass is 35.5. The van der Waals surface area contributed by atoms with E-state index in [0.717, 1.165) is 11.1 Å². The zero-order valence-electron chi connectivity index (χ0n) is 17.4. The van der Waals surface area contributed by atoms with E-state index >= 15 is 0 Å². The highest BCUT2D eigenvalue weighted by Crippen LogP contribution is 2.33. The van der Waals surface area contributed by atoms with Crippen molar-refractivity contribution in [2.45, 2.75) is 20.1 Å². The highest BCUT2D eigenvalue weighted by molar-refractivity contribution is 6.35. The number of carbonyl (C=O) groups is 1. The second-order valence-corrected chi connectivity index (χ2v) is 7.48. The lowest BCUT2D eigenvalue weighted by Gasteiger charge is -2.17. The van der Waals surface area contributed by atoms with Crippen molar-refractivity contribution in [3.63, 3.8) is 0 Å². The van der Waals surface area contributed by atoms with Gasteiger partial charge in [-0.3, -0.25) is 4.79 Å². The summed E-state index contributed by atoms with van der Waals surface area (Å²) in [5.41, 5.74) is 7.18. The number of nitrogens with two attached hydrogens (primary N) is 1. The zero-order valence-corrected chi connectivity index (χ0v) is 18.9. The van der Waals surface area contributed by atoms with E-state index in [4.69, 9.17) is 38.4 Å². The van der Waals surface area contributed by atoms with Crippen molar-refractivity contribution >= 4 is 34.9 Å². The molecule has 3 aromatic rings. The summed E-state index contributed by atoms with van der Waals surface area (Å²) in [5, 5.41) is 13.9. The number of nitrogen functional groups attached to an aromatic ring is 1. The van der Waals surface area contributed by atoms with Gasteiger partial charge in [0, 0.05) is 40.8 Å². The van der Waals surface area contributed by atoms with Crippen LogP contribution in [-0.2, 0) is 13.2 Å². The molecule has 1 heterocycles. The van der Waals surface area contributed by atoms with Gasteiger partial charge in [-0.1, -0.05) is 41.4 Å². The van der Waals surface area contributed by atoms with Gasteiger partial charge < -0.3 is 25.8 Å². The molecule has 3 rings (SSSR count). The van der Waals surface area contributed by atoms with Gasteiger partial charge in [-0.25, -0.2) is 4.63 Å². The standard InChI is InChI=1S/C21H23Cl2N5O4/c1-2-30-17-5-3-4-13(19(17)31-12-14-6-7-15(22)10-16(14)23)11-25-8-9-26-21(29)18-20(24)28-32-27-18/h3-7,10,25H,2,8-9,11-12H2,1H3,(H2,24,28)(H,26,29). The van der Waals surface area contributed by atoms with Crippen LogP contribution >= 0.6 is 23.2 Å². The average Bonchev–Trinajstić information content (AvgIpc) is 3.20. The Labute approximate surface area is 195 Å². The van der Waals surface area contributed by atoms with Gasteiger partial charge in [0.1, 0.15) is 6.61 Å². The summed E-state index contributed by atoms with van der Waals surface area (Å²) in [4.78, 5) is 12.0. The summed E-state index contributed by atoms with van der Waals surface area (Å²) in [5.74, 6) is 0.760. The van der Waals surface area contributed by atoms with E-state index in [-0.39, 0.29) is 18.1 Å². The van der Waals surface area contributed by atoms with Gasteiger partial charge in [-0.15, -0.1) is 0 Å². The van der Waals surface area contributed by atoms with Crippen LogP contribution in [0.1, 0.15) is 28.5 Å². The molecule has 0 radical (unpaired) electrons. The molecule has 1 amide bonds. The first-order valence-corrected chi connectivity index (χ1v) is 10.6. The predicted octanol–water partition coefficient (Wildman–Crippen LogP) is 3.46. The molecular weight excluding hydrogens is 457 g/mol. The number of hydrogen-bond acceptors (Lipinski definition) is 8. The summed E-state index contributed by atoms with van der Waals surface area (Å²) in [6.45, 7) is 4.02. The van der Waals surface area contributed by atoms with Crippen molar-refractivity contribution in [1.82, 2.24) is 20.9 Å². The predicted molar refractivity (Wildman–Crippen MR) is 121 cm³/mol. The third kappa shape index (κ3) is 6.25. The average molecular weight is 480 g/mol. The third-order valence-corrected chi connectivity index (χ3v) is 4.97. The maximum absolute atomic E-state index is 12.0. The van der Waals surface area contributed by atoms with E-state index in [1.165, 1.54) is 0 Å². The van der Waals surface area contributed by atoms with Crippen LogP contribution in [-0.4, -0.2) is 35.9 Å². The molecule has 9 nitrogen and oxygen atoms in total. The first kappa shape index (κ1) is 23.6. The van der Waals surface area contributed by atoms with E-state index < -0.39 is 5.91 Å². The normalized spacial score (nSPS) is 10.7. The van der Waals surface area contributed by atoms with Crippen LogP contribution in [0.3, 0.4) is 0 Å². The minimum Gasteiger partial charge on any atom is -0.490 e. The highest BCUT2D eigenvalue weighted by Gasteiger charge is 2.15. The Morgan fingerprint density at radius 1 is 1.12 bits per heavy atom. The first-order valence-electron chi connectivity index (χ1n) is 9.88. The van der Waals surface area contributed by atoms with Gasteiger partial charge in [0.25, 0.3) is 5.91 Å². The maximum Gasteiger partial charge on any atom is 0.277 e. The molecule has 0 spiro atoms. The molecule has 0 fully saturated rings. The molecule has 170 valence electrons. The van der Waals surface area contributed by atoms with E-state index in [1.807, 2.05) is 31.2 Å². The molecule has 0 unspecified atom stereocenters. The van der Waals surface area contributed by atoms with Gasteiger partial charge in [-0.05, 0) is 35.4 Å². The number of hydrogen-bond donors (Lipinski definition) is 3. The lowest BCUT2D eigenvalue weighted by atomic mass is 10.1. The molecule has 0 bridgehead atoms. The molecule has 1 aromatic heterocycles. The van der Waals surface area contributed by atoms with Crippen LogP contribution < -0.4 is 25.8 Å². The van der Waals surface area contributed by atoms with Gasteiger partial charge >= 0.3 is 0 Å². The van der Waals surface area contributed by atoms with Crippen molar-refractivity contribution in [3.8, 4) is 11.5 Å². The molecule has 32 heavy (non-hydrogen) atoms. The third-order valence-electron chi connectivity index (χ3n) is 4.38. The number of carbonyl (C=O) groups excluding carboxylic acids is 1. The number of nitrogens with one attached hydrogen (secondary N) is 2. The zero-order chi connectivity index (χ0) is 22.9. The number of nitrogens with zero attached hydrogens (tertiary/aromatic N) is 2. The van der Waals surface area contributed by atoms with Crippen LogP contribution in [0.4, 0.5) is 5.82 Å².